The molecule has 0 aromatic heterocycles. The molecule has 21 heavy (non-hydrogen) atoms. The SMILES string of the molecule is CO[C@@H]1OC[C@@H]2OC(C)(C)O[C@@H]2[C@@H]1O[Si](C)(C)C(C)(C)C. The van der Waals surface area contributed by atoms with Gasteiger partial charge in [0.1, 0.15) is 18.3 Å². The van der Waals surface area contributed by atoms with Crippen molar-refractivity contribution < 1.29 is 23.4 Å². The molecule has 0 radical (unpaired) electrons. The van der Waals surface area contributed by atoms with Crippen LogP contribution in [0.4, 0.5) is 0 Å². The number of fused-ring (bicyclic) bond motifs is 1. The molecule has 0 aliphatic carbocycles. The van der Waals surface area contributed by atoms with Crippen LogP contribution in [0.25, 0.3) is 0 Å². The van der Waals surface area contributed by atoms with E-state index in [4.69, 9.17) is 23.4 Å². The van der Waals surface area contributed by atoms with Crippen molar-refractivity contribution in [3.8, 4) is 0 Å². The van der Waals surface area contributed by atoms with Crippen LogP contribution in [0.5, 0.6) is 0 Å². The van der Waals surface area contributed by atoms with Gasteiger partial charge in [-0.1, -0.05) is 20.8 Å². The molecule has 2 aliphatic heterocycles. The summed E-state index contributed by atoms with van der Waals surface area (Å²) >= 11 is 0. The average molecular weight is 318 g/mol. The largest absolute Gasteiger partial charge is 0.406 e. The molecular weight excluding hydrogens is 288 g/mol. The maximum atomic E-state index is 6.54. The van der Waals surface area contributed by atoms with Crippen molar-refractivity contribution >= 4 is 8.32 Å². The Morgan fingerprint density at radius 2 is 1.76 bits per heavy atom. The number of hydrogen-bond donors (Lipinski definition) is 0. The van der Waals surface area contributed by atoms with Crippen LogP contribution < -0.4 is 0 Å². The van der Waals surface area contributed by atoms with E-state index in [0.717, 1.165) is 0 Å². The van der Waals surface area contributed by atoms with Crippen LogP contribution >= 0.6 is 0 Å². The number of ether oxygens (including phenoxy) is 4. The normalized spacial score (nSPS) is 36.6. The minimum Gasteiger partial charge on any atom is -0.406 e. The van der Waals surface area contributed by atoms with Gasteiger partial charge >= 0.3 is 0 Å². The van der Waals surface area contributed by atoms with E-state index < -0.39 is 20.4 Å². The zero-order chi connectivity index (χ0) is 16.1. The van der Waals surface area contributed by atoms with Crippen LogP contribution in [0.1, 0.15) is 34.6 Å². The van der Waals surface area contributed by atoms with E-state index in [1.54, 1.807) is 7.11 Å². The van der Waals surface area contributed by atoms with E-state index in [-0.39, 0.29) is 23.4 Å². The Labute approximate surface area is 129 Å². The van der Waals surface area contributed by atoms with Crippen molar-refractivity contribution in [1.29, 1.82) is 0 Å². The van der Waals surface area contributed by atoms with Crippen molar-refractivity contribution in [2.24, 2.45) is 0 Å². The first-order chi connectivity index (χ1) is 9.47. The molecule has 5 nitrogen and oxygen atoms in total. The molecule has 0 amide bonds. The smallest absolute Gasteiger partial charge is 0.192 e. The lowest BCUT2D eigenvalue weighted by Gasteiger charge is -2.44. The standard InChI is InChI=1S/C15H30O5Si/c1-14(2,3)21(7,8)20-12-11-10(9-17-13(12)16-6)18-15(4,5)19-11/h10-13H,9H2,1-8H3/t10-,11-,12-,13+/m0/s1. The molecule has 0 bridgehead atoms. The highest BCUT2D eigenvalue weighted by molar-refractivity contribution is 6.74. The first kappa shape index (κ1) is 17.4. The fourth-order valence-electron chi connectivity index (χ4n) is 2.55. The molecule has 0 saturated carbocycles. The lowest BCUT2D eigenvalue weighted by Crippen LogP contribution is -2.58. The second-order valence-electron chi connectivity index (χ2n) is 7.92. The van der Waals surface area contributed by atoms with Crippen LogP contribution in [-0.4, -0.2) is 52.4 Å². The predicted molar refractivity (Wildman–Crippen MR) is 82.6 cm³/mol. The molecule has 4 atom stereocenters. The first-order valence-corrected chi connectivity index (χ1v) is 10.6. The molecule has 0 spiro atoms. The molecule has 2 heterocycles. The molecule has 0 aromatic carbocycles. The highest BCUT2D eigenvalue weighted by Crippen LogP contribution is 2.42. The third kappa shape index (κ3) is 3.51. The zero-order valence-electron chi connectivity index (χ0n) is 14.6. The highest BCUT2D eigenvalue weighted by Gasteiger charge is 2.54. The third-order valence-electron chi connectivity index (χ3n) is 4.71. The predicted octanol–water partition coefficient (Wildman–Crippen LogP) is 2.90. The lowest BCUT2D eigenvalue weighted by atomic mass is 10.1. The van der Waals surface area contributed by atoms with Crippen molar-refractivity contribution in [2.75, 3.05) is 13.7 Å². The fourth-order valence-corrected chi connectivity index (χ4v) is 3.83. The van der Waals surface area contributed by atoms with Crippen LogP contribution in [0.2, 0.25) is 18.1 Å². The quantitative estimate of drug-likeness (QED) is 0.749. The van der Waals surface area contributed by atoms with E-state index in [0.29, 0.717) is 6.61 Å². The Bertz CT molecular complexity index is 377. The summed E-state index contributed by atoms with van der Waals surface area (Å²) in [6, 6.07) is 0. The van der Waals surface area contributed by atoms with Gasteiger partial charge in [0.25, 0.3) is 0 Å². The fraction of sp³-hybridized carbons (Fsp3) is 1.00. The summed E-state index contributed by atoms with van der Waals surface area (Å²) in [5, 5.41) is 0.118. The average Bonchev–Trinajstić information content (AvgIpc) is 2.62. The van der Waals surface area contributed by atoms with Crippen molar-refractivity contribution in [3.05, 3.63) is 0 Å². The van der Waals surface area contributed by atoms with Crippen LogP contribution in [0, 0.1) is 0 Å². The van der Waals surface area contributed by atoms with Crippen molar-refractivity contribution in [1.82, 2.24) is 0 Å². The van der Waals surface area contributed by atoms with Crippen molar-refractivity contribution in [2.45, 2.75) is 83.1 Å². The molecule has 124 valence electrons. The van der Waals surface area contributed by atoms with Gasteiger partial charge in [-0.2, -0.15) is 0 Å². The molecule has 6 heteroatoms. The topological polar surface area (TPSA) is 46.2 Å². The first-order valence-electron chi connectivity index (χ1n) is 7.65. The Morgan fingerprint density at radius 1 is 1.14 bits per heavy atom. The van der Waals surface area contributed by atoms with Crippen LogP contribution in [-0.2, 0) is 23.4 Å². The summed E-state index contributed by atoms with van der Waals surface area (Å²) in [7, 11) is -0.305. The number of rotatable bonds is 3. The second-order valence-corrected chi connectivity index (χ2v) is 12.7. The van der Waals surface area contributed by atoms with Gasteiger partial charge in [0.2, 0.25) is 0 Å². The van der Waals surface area contributed by atoms with Gasteiger partial charge in [-0.25, -0.2) is 0 Å². The Kier molecular flexibility index (Phi) is 4.62. The highest BCUT2D eigenvalue weighted by atomic mass is 28.4. The van der Waals surface area contributed by atoms with E-state index in [1.165, 1.54) is 0 Å². The lowest BCUT2D eigenvalue weighted by molar-refractivity contribution is -0.237. The van der Waals surface area contributed by atoms with E-state index >= 15 is 0 Å². The van der Waals surface area contributed by atoms with E-state index in [1.807, 2.05) is 13.8 Å². The maximum absolute atomic E-state index is 6.54. The molecule has 2 rings (SSSR count). The molecule has 2 aliphatic rings. The molecule has 0 N–H and O–H groups in total. The summed E-state index contributed by atoms with van der Waals surface area (Å²) in [5.41, 5.74) is 0. The van der Waals surface area contributed by atoms with Gasteiger partial charge < -0.3 is 23.4 Å². The molecule has 0 unspecified atom stereocenters. The van der Waals surface area contributed by atoms with E-state index in [2.05, 4.69) is 33.9 Å². The van der Waals surface area contributed by atoms with Crippen LogP contribution in [0.3, 0.4) is 0 Å². The van der Waals surface area contributed by atoms with Gasteiger partial charge in [-0.05, 0) is 32.0 Å². The monoisotopic (exact) mass is 318 g/mol. The molecule has 0 aromatic rings. The summed E-state index contributed by atoms with van der Waals surface area (Å²) < 4.78 is 29.8. The van der Waals surface area contributed by atoms with Gasteiger partial charge in [0, 0.05) is 7.11 Å². The minimum absolute atomic E-state index is 0.0961. The molecular formula is C15H30O5Si. The summed E-state index contributed by atoms with van der Waals surface area (Å²) in [6.45, 7) is 15.4. The number of methoxy groups -OCH3 is 1. The Hall–Kier alpha value is 0.0169. The summed E-state index contributed by atoms with van der Waals surface area (Å²) in [5.74, 6) is -0.601. The summed E-state index contributed by atoms with van der Waals surface area (Å²) in [6.07, 6.45) is -0.900. The minimum atomic E-state index is -1.95. The summed E-state index contributed by atoms with van der Waals surface area (Å²) in [4.78, 5) is 0. The van der Waals surface area contributed by atoms with Crippen LogP contribution in [0.15, 0.2) is 0 Å². The third-order valence-corrected chi connectivity index (χ3v) is 9.18. The van der Waals surface area contributed by atoms with E-state index in [9.17, 15) is 0 Å². The molecule has 2 fully saturated rings. The van der Waals surface area contributed by atoms with Gasteiger partial charge in [0.15, 0.2) is 20.4 Å². The zero-order valence-corrected chi connectivity index (χ0v) is 15.6. The number of hydrogen-bond acceptors (Lipinski definition) is 5. The Balaban J connectivity index is 2.20. The van der Waals surface area contributed by atoms with Gasteiger partial charge in [0.05, 0.1) is 6.61 Å². The van der Waals surface area contributed by atoms with Crippen molar-refractivity contribution in [3.63, 3.8) is 0 Å². The van der Waals surface area contributed by atoms with Gasteiger partial charge in [-0.15, -0.1) is 0 Å². The maximum Gasteiger partial charge on any atom is 0.192 e. The Morgan fingerprint density at radius 3 is 2.29 bits per heavy atom. The second kappa shape index (κ2) is 5.58. The van der Waals surface area contributed by atoms with Gasteiger partial charge in [-0.3, -0.25) is 0 Å². The molecule has 2 saturated heterocycles.